The van der Waals surface area contributed by atoms with E-state index in [9.17, 15) is 0 Å². The Morgan fingerprint density at radius 2 is 2.00 bits per heavy atom. The number of aliphatic imine (C=N–C) groups is 1. The molecule has 0 bridgehead atoms. The molecule has 0 saturated carbocycles. The number of ether oxygens (including phenoxy) is 3. The Morgan fingerprint density at radius 1 is 1.20 bits per heavy atom. The third-order valence-electron chi connectivity index (χ3n) is 4.96. The van der Waals surface area contributed by atoms with Crippen LogP contribution >= 0.6 is 24.0 Å². The molecule has 1 unspecified atom stereocenters. The molecular weight excluding hydrogens is 495 g/mol. The average Bonchev–Trinajstić information content (AvgIpc) is 2.77. The van der Waals surface area contributed by atoms with E-state index in [-0.39, 0.29) is 24.0 Å². The minimum absolute atomic E-state index is 0. The van der Waals surface area contributed by atoms with Crippen molar-refractivity contribution in [2.24, 2.45) is 4.99 Å². The number of nitrogens with one attached hydrogen (secondary N) is 2. The van der Waals surface area contributed by atoms with E-state index in [1.165, 1.54) is 5.69 Å². The zero-order valence-electron chi connectivity index (χ0n) is 18.7. The molecule has 0 radical (unpaired) electrons. The molecule has 2 rings (SSSR count). The minimum Gasteiger partial charge on any atom is -0.497 e. The van der Waals surface area contributed by atoms with Crippen LogP contribution in [-0.4, -0.2) is 72.2 Å². The maximum Gasteiger partial charge on any atom is 0.191 e. The van der Waals surface area contributed by atoms with Crippen LogP contribution < -0.4 is 20.3 Å². The number of anilines is 1. The summed E-state index contributed by atoms with van der Waals surface area (Å²) in [7, 11) is 3.51. The Balaban J connectivity index is 0.00000450. The van der Waals surface area contributed by atoms with Crippen molar-refractivity contribution in [1.29, 1.82) is 0 Å². The molecule has 7 nitrogen and oxygen atoms in total. The number of rotatable bonds is 12. The number of unbranched alkanes of at least 4 members (excludes halogenated alkanes) is 1. The van der Waals surface area contributed by atoms with Crippen molar-refractivity contribution in [2.45, 2.75) is 38.6 Å². The molecule has 1 heterocycles. The molecule has 1 fully saturated rings. The van der Waals surface area contributed by atoms with Gasteiger partial charge in [0.05, 0.1) is 26.9 Å². The first-order valence-corrected chi connectivity index (χ1v) is 10.8. The predicted octanol–water partition coefficient (Wildman–Crippen LogP) is 3.28. The van der Waals surface area contributed by atoms with Crippen LogP contribution in [0.2, 0.25) is 0 Å². The summed E-state index contributed by atoms with van der Waals surface area (Å²) in [6.07, 6.45) is 4.55. The van der Waals surface area contributed by atoms with Crippen LogP contribution in [0.4, 0.5) is 5.69 Å². The number of benzene rings is 1. The second-order valence-corrected chi connectivity index (χ2v) is 7.21. The van der Waals surface area contributed by atoms with E-state index < -0.39 is 0 Å². The number of nitrogens with zero attached hydrogens (tertiary/aromatic N) is 2. The van der Waals surface area contributed by atoms with Crippen molar-refractivity contribution in [1.82, 2.24) is 10.6 Å². The molecule has 1 aliphatic heterocycles. The van der Waals surface area contributed by atoms with E-state index in [1.54, 1.807) is 14.2 Å². The molecule has 30 heavy (non-hydrogen) atoms. The number of halogens is 1. The Kier molecular flexibility index (Phi) is 14.7. The SMILES string of the molecule is CCCCOCCOCCNC(=NC)NC1CCCN(c2cccc(OC)c2)C1.I. The first-order chi connectivity index (χ1) is 14.3. The monoisotopic (exact) mass is 534 g/mol. The summed E-state index contributed by atoms with van der Waals surface area (Å²) >= 11 is 0. The molecule has 1 aromatic rings. The fourth-order valence-electron chi connectivity index (χ4n) is 3.33. The van der Waals surface area contributed by atoms with Crippen LogP contribution in [-0.2, 0) is 9.47 Å². The summed E-state index contributed by atoms with van der Waals surface area (Å²) < 4.78 is 16.5. The Labute approximate surface area is 199 Å². The fraction of sp³-hybridized carbons (Fsp3) is 0.682. The first kappa shape index (κ1) is 26.8. The molecule has 0 aliphatic carbocycles. The molecule has 0 spiro atoms. The van der Waals surface area contributed by atoms with Crippen LogP contribution in [0, 0.1) is 0 Å². The summed E-state index contributed by atoms with van der Waals surface area (Å²) in [4.78, 5) is 6.75. The molecule has 0 amide bonds. The van der Waals surface area contributed by atoms with Crippen molar-refractivity contribution in [3.05, 3.63) is 24.3 Å². The van der Waals surface area contributed by atoms with E-state index >= 15 is 0 Å². The molecule has 1 aromatic carbocycles. The molecule has 1 saturated heterocycles. The summed E-state index contributed by atoms with van der Waals surface area (Å²) in [5, 5.41) is 6.88. The lowest BCUT2D eigenvalue weighted by Gasteiger charge is -2.35. The standard InChI is InChI=1S/C22H38N4O3.HI/c1-4-5-13-28-15-16-29-14-11-24-22(23-2)25-19-8-7-12-26(18-19)20-9-6-10-21(17-20)27-3;/h6,9-10,17,19H,4-5,7-8,11-16,18H2,1-3H3,(H2,23,24,25);1H. The highest BCUT2D eigenvalue weighted by Crippen LogP contribution is 2.24. The number of hydrogen-bond donors (Lipinski definition) is 2. The summed E-state index contributed by atoms with van der Waals surface area (Å²) in [5.74, 6) is 1.72. The van der Waals surface area contributed by atoms with E-state index in [0.717, 1.165) is 63.6 Å². The minimum atomic E-state index is 0. The Bertz CT molecular complexity index is 604. The second kappa shape index (κ2) is 16.4. The summed E-state index contributed by atoms with van der Waals surface area (Å²) in [5.41, 5.74) is 1.20. The maximum absolute atomic E-state index is 5.61. The van der Waals surface area contributed by atoms with Crippen molar-refractivity contribution in [2.75, 3.05) is 65.1 Å². The summed E-state index contributed by atoms with van der Waals surface area (Å²) in [6, 6.07) is 8.61. The number of hydrogen-bond acceptors (Lipinski definition) is 5. The maximum atomic E-state index is 5.61. The lowest BCUT2D eigenvalue weighted by atomic mass is 10.0. The van der Waals surface area contributed by atoms with Crippen LogP contribution in [0.25, 0.3) is 0 Å². The van der Waals surface area contributed by atoms with Gasteiger partial charge in [0.2, 0.25) is 0 Å². The quantitative estimate of drug-likeness (QED) is 0.186. The van der Waals surface area contributed by atoms with Crippen LogP contribution in [0.15, 0.2) is 29.3 Å². The van der Waals surface area contributed by atoms with Gasteiger partial charge in [0.25, 0.3) is 0 Å². The zero-order chi connectivity index (χ0) is 20.7. The average molecular weight is 534 g/mol. The summed E-state index contributed by atoms with van der Waals surface area (Å²) in [6.45, 7) is 7.65. The van der Waals surface area contributed by atoms with Gasteiger partial charge >= 0.3 is 0 Å². The third-order valence-corrected chi connectivity index (χ3v) is 4.96. The highest BCUT2D eigenvalue weighted by atomic mass is 127. The van der Waals surface area contributed by atoms with Gasteiger partial charge in [0.15, 0.2) is 5.96 Å². The van der Waals surface area contributed by atoms with Gasteiger partial charge in [-0.05, 0) is 31.4 Å². The lowest BCUT2D eigenvalue weighted by Crippen LogP contribution is -2.51. The molecule has 1 atom stereocenters. The van der Waals surface area contributed by atoms with Gasteiger partial charge in [-0.3, -0.25) is 4.99 Å². The van der Waals surface area contributed by atoms with Gasteiger partial charge < -0.3 is 29.7 Å². The molecule has 172 valence electrons. The van der Waals surface area contributed by atoms with E-state index in [1.807, 2.05) is 12.1 Å². The molecule has 1 aliphatic rings. The fourth-order valence-corrected chi connectivity index (χ4v) is 3.33. The zero-order valence-corrected chi connectivity index (χ0v) is 21.0. The van der Waals surface area contributed by atoms with Crippen molar-refractivity contribution >= 4 is 35.6 Å². The first-order valence-electron chi connectivity index (χ1n) is 10.8. The highest BCUT2D eigenvalue weighted by molar-refractivity contribution is 14.0. The molecule has 2 N–H and O–H groups in total. The van der Waals surface area contributed by atoms with Crippen LogP contribution in [0.5, 0.6) is 5.75 Å². The van der Waals surface area contributed by atoms with Crippen LogP contribution in [0.1, 0.15) is 32.6 Å². The van der Waals surface area contributed by atoms with Gasteiger partial charge in [-0.1, -0.05) is 19.4 Å². The Morgan fingerprint density at radius 3 is 2.73 bits per heavy atom. The van der Waals surface area contributed by atoms with Crippen molar-refractivity contribution in [3.8, 4) is 5.75 Å². The number of piperidine rings is 1. The highest BCUT2D eigenvalue weighted by Gasteiger charge is 2.21. The lowest BCUT2D eigenvalue weighted by molar-refractivity contribution is 0.0487. The smallest absolute Gasteiger partial charge is 0.191 e. The van der Waals surface area contributed by atoms with Gasteiger partial charge in [0, 0.05) is 51.1 Å². The topological polar surface area (TPSA) is 67.4 Å². The second-order valence-electron chi connectivity index (χ2n) is 7.21. The predicted molar refractivity (Wildman–Crippen MR) is 135 cm³/mol. The van der Waals surface area contributed by atoms with Crippen molar-refractivity contribution in [3.63, 3.8) is 0 Å². The molecule has 8 heteroatoms. The number of methoxy groups -OCH3 is 1. The third kappa shape index (κ3) is 10.2. The largest absolute Gasteiger partial charge is 0.497 e. The molecule has 0 aromatic heterocycles. The van der Waals surface area contributed by atoms with Gasteiger partial charge in [-0.15, -0.1) is 24.0 Å². The van der Waals surface area contributed by atoms with E-state index in [4.69, 9.17) is 14.2 Å². The molecular formula is C22H39IN4O3. The Hall–Kier alpha value is -1.26. The normalized spacial score (nSPS) is 16.7. The van der Waals surface area contributed by atoms with Crippen molar-refractivity contribution < 1.29 is 14.2 Å². The van der Waals surface area contributed by atoms with Crippen LogP contribution in [0.3, 0.4) is 0 Å². The number of guanidine groups is 1. The van der Waals surface area contributed by atoms with E-state index in [2.05, 4.69) is 39.6 Å². The van der Waals surface area contributed by atoms with E-state index in [0.29, 0.717) is 25.9 Å². The van der Waals surface area contributed by atoms with Gasteiger partial charge in [-0.25, -0.2) is 0 Å². The van der Waals surface area contributed by atoms with Gasteiger partial charge in [-0.2, -0.15) is 0 Å². The van der Waals surface area contributed by atoms with Gasteiger partial charge in [0.1, 0.15) is 5.75 Å².